The van der Waals surface area contributed by atoms with Gasteiger partial charge in [0.25, 0.3) is 5.91 Å². The lowest BCUT2D eigenvalue weighted by Crippen LogP contribution is -2.75. The van der Waals surface area contributed by atoms with E-state index in [9.17, 15) is 14.7 Å². The first-order valence-electron chi connectivity index (χ1n) is 10.4. The molecule has 1 amide bonds. The van der Waals surface area contributed by atoms with Gasteiger partial charge in [-0.1, -0.05) is 65.8 Å². The number of carbonyl (C=O) groups is 2. The maximum Gasteiger partial charge on any atom is 0.327 e. The molecule has 2 N–H and O–H groups in total. The van der Waals surface area contributed by atoms with Gasteiger partial charge in [0.2, 0.25) is 0 Å². The second-order valence-corrected chi connectivity index (χ2v) is 10.6. The smallest absolute Gasteiger partial charge is 0.327 e. The molecule has 2 fully saturated rings. The van der Waals surface area contributed by atoms with Crippen molar-refractivity contribution in [3.8, 4) is 22.6 Å². The molecule has 0 bridgehead atoms. The lowest BCUT2D eigenvalue weighted by molar-refractivity contribution is -0.163. The molecule has 32 heavy (non-hydrogen) atoms. The molecule has 3 heterocycles. The molecule has 7 nitrogen and oxygen atoms in total. The number of carboxylic acids is 1. The van der Waals surface area contributed by atoms with Crippen LogP contribution in [0, 0.1) is 0 Å². The van der Waals surface area contributed by atoms with Crippen molar-refractivity contribution in [3.05, 3.63) is 60.7 Å². The Kier molecular flexibility index (Phi) is 4.60. The Hall–Kier alpha value is -3.26. The van der Waals surface area contributed by atoms with Gasteiger partial charge in [-0.15, -0.1) is 11.8 Å². The van der Waals surface area contributed by atoms with Crippen molar-refractivity contribution in [2.24, 2.45) is 0 Å². The summed E-state index contributed by atoms with van der Waals surface area (Å²) in [6.45, 7) is 5.56. The maximum atomic E-state index is 13.3. The number of rotatable bonds is 5. The van der Waals surface area contributed by atoms with Crippen molar-refractivity contribution in [3.63, 3.8) is 0 Å². The zero-order chi connectivity index (χ0) is 22.7. The lowest BCUT2D eigenvalue weighted by atomic mass is 9.85. The molecule has 5 rings (SSSR count). The highest BCUT2D eigenvalue weighted by molar-refractivity contribution is 8.01. The van der Waals surface area contributed by atoms with Crippen LogP contribution in [0.5, 0.6) is 0 Å². The quantitative estimate of drug-likeness (QED) is 0.560. The van der Waals surface area contributed by atoms with E-state index >= 15 is 0 Å². The molecular weight excluding hydrogens is 426 g/mol. The number of hydrogen-bond donors (Lipinski definition) is 2. The molecule has 0 saturated carbocycles. The number of benzene rings is 2. The highest BCUT2D eigenvalue weighted by Gasteiger charge is 2.69. The van der Waals surface area contributed by atoms with E-state index in [4.69, 9.17) is 4.52 Å². The summed E-state index contributed by atoms with van der Waals surface area (Å²) in [6.07, 6.45) is 0. The van der Waals surface area contributed by atoms with E-state index < -0.39 is 22.3 Å². The number of fused-ring (bicyclic) bond motifs is 1. The topological polar surface area (TPSA) is 95.7 Å². The van der Waals surface area contributed by atoms with Crippen LogP contribution in [0.4, 0.5) is 5.69 Å². The summed E-state index contributed by atoms with van der Waals surface area (Å²) in [5.74, 6) is -0.693. The molecule has 2 aromatic carbocycles. The summed E-state index contributed by atoms with van der Waals surface area (Å²) in [6, 6.07) is 18.3. The first kappa shape index (κ1) is 20.6. The second-order valence-electron chi connectivity index (χ2n) is 8.82. The van der Waals surface area contributed by atoms with Crippen LogP contribution < -0.4 is 5.32 Å². The Balaban J connectivity index is 1.58. The van der Waals surface area contributed by atoms with Gasteiger partial charge in [-0.2, -0.15) is 0 Å². The highest BCUT2D eigenvalue weighted by atomic mass is 32.2. The number of aromatic nitrogens is 1. The fourth-order valence-electron chi connectivity index (χ4n) is 4.58. The van der Waals surface area contributed by atoms with E-state index in [0.717, 1.165) is 11.1 Å². The van der Waals surface area contributed by atoms with Crippen molar-refractivity contribution in [2.75, 3.05) is 5.32 Å². The largest absolute Gasteiger partial charge is 0.480 e. The van der Waals surface area contributed by atoms with Crippen molar-refractivity contribution in [1.82, 2.24) is 10.1 Å². The maximum absolute atomic E-state index is 13.3. The Bertz CT molecular complexity index is 1140. The normalized spacial score (nSPS) is 25.8. The predicted molar refractivity (Wildman–Crippen MR) is 123 cm³/mol. The van der Waals surface area contributed by atoms with Gasteiger partial charge in [-0.25, -0.2) is 4.79 Å². The van der Waals surface area contributed by atoms with E-state index in [1.807, 2.05) is 81.4 Å². The average Bonchev–Trinajstić information content (AvgIpc) is 3.31. The van der Waals surface area contributed by atoms with E-state index in [1.54, 1.807) is 0 Å². The van der Waals surface area contributed by atoms with Crippen molar-refractivity contribution >= 4 is 29.3 Å². The molecule has 3 aromatic rings. The fraction of sp³-hybridized carbons (Fsp3) is 0.292. The summed E-state index contributed by atoms with van der Waals surface area (Å²) >= 11 is 1.50. The Labute approximate surface area is 189 Å². The molecule has 0 aliphatic carbocycles. The van der Waals surface area contributed by atoms with Gasteiger partial charge < -0.3 is 19.8 Å². The number of thioether (sulfide) groups is 1. The van der Waals surface area contributed by atoms with Gasteiger partial charge in [0.15, 0.2) is 5.76 Å². The zero-order valence-corrected chi connectivity index (χ0v) is 18.7. The number of hydrogen-bond acceptors (Lipinski definition) is 6. The van der Waals surface area contributed by atoms with E-state index in [0.29, 0.717) is 17.1 Å². The third-order valence-electron chi connectivity index (χ3n) is 6.17. The van der Waals surface area contributed by atoms with Crippen LogP contribution in [0.3, 0.4) is 0 Å². The molecule has 1 aromatic heterocycles. The number of nitrogens with one attached hydrogen (secondary N) is 1. The van der Waals surface area contributed by atoms with Crippen LogP contribution in [0.25, 0.3) is 22.6 Å². The van der Waals surface area contributed by atoms with E-state index in [1.165, 1.54) is 16.7 Å². The summed E-state index contributed by atoms with van der Waals surface area (Å²) in [7, 11) is 0. The van der Waals surface area contributed by atoms with Gasteiger partial charge >= 0.3 is 5.97 Å². The number of carboxylic acid groups (broad SMARTS) is 1. The Morgan fingerprint density at radius 1 is 1.06 bits per heavy atom. The SMILES string of the molecule is CC1(C)S[C@H]2N(C(=O)[C@]2(C)Nc2c(-c3ccccc3)noc2-c2ccccc2)[C@H]1C(=O)O. The number of β-lactam (4-membered cyclic amide) rings is 1. The van der Waals surface area contributed by atoms with Crippen LogP contribution in [-0.4, -0.2) is 48.7 Å². The van der Waals surface area contributed by atoms with Crippen LogP contribution in [0.15, 0.2) is 65.2 Å². The predicted octanol–water partition coefficient (Wildman–Crippen LogP) is 4.33. The number of aliphatic carboxylic acids is 1. The monoisotopic (exact) mass is 449 g/mol. The average molecular weight is 450 g/mol. The summed E-state index contributed by atoms with van der Waals surface area (Å²) in [4.78, 5) is 26.7. The molecule has 8 heteroatoms. The molecule has 3 atom stereocenters. The van der Waals surface area contributed by atoms with Crippen LogP contribution >= 0.6 is 11.8 Å². The molecule has 164 valence electrons. The van der Waals surface area contributed by atoms with Gasteiger partial charge in [-0.3, -0.25) is 4.79 Å². The van der Waals surface area contributed by atoms with Gasteiger partial charge in [0, 0.05) is 15.9 Å². The molecule has 0 radical (unpaired) electrons. The standard InChI is InChI=1S/C24H23N3O4S/c1-23(2)19(20(28)29)27-21(30)24(3,22(27)32-23)25-17-16(14-10-6-4-7-11-14)26-31-18(17)15-12-8-5-9-13-15/h4-13,19,22,25H,1-3H3,(H,28,29)/t19-,22+,24-/m0/s1. The number of carbonyl (C=O) groups excluding carboxylic acids is 1. The minimum Gasteiger partial charge on any atom is -0.480 e. The van der Waals surface area contributed by atoms with E-state index in [2.05, 4.69) is 10.5 Å². The minimum atomic E-state index is -0.995. The lowest BCUT2D eigenvalue weighted by Gasteiger charge is -2.51. The highest BCUT2D eigenvalue weighted by Crippen LogP contribution is 2.56. The summed E-state index contributed by atoms with van der Waals surface area (Å²) in [5.41, 5.74) is 1.92. The number of anilines is 1. The number of amides is 1. The molecular formula is C24H23N3O4S. The third-order valence-corrected chi connectivity index (χ3v) is 7.92. The zero-order valence-electron chi connectivity index (χ0n) is 17.9. The molecule has 2 saturated heterocycles. The van der Waals surface area contributed by atoms with Crippen molar-refractivity contribution < 1.29 is 19.2 Å². The molecule has 2 aliphatic heterocycles. The van der Waals surface area contributed by atoms with Gasteiger partial charge in [0.1, 0.15) is 28.3 Å². The van der Waals surface area contributed by atoms with Crippen LogP contribution in [0.2, 0.25) is 0 Å². The summed E-state index contributed by atoms with van der Waals surface area (Å²) < 4.78 is 5.15. The number of nitrogens with zero attached hydrogens (tertiary/aromatic N) is 2. The Morgan fingerprint density at radius 2 is 1.66 bits per heavy atom. The summed E-state index contributed by atoms with van der Waals surface area (Å²) in [5, 5.41) is 17.2. The van der Waals surface area contributed by atoms with E-state index in [-0.39, 0.29) is 11.3 Å². The van der Waals surface area contributed by atoms with Crippen molar-refractivity contribution in [1.29, 1.82) is 0 Å². The van der Waals surface area contributed by atoms with Crippen molar-refractivity contribution in [2.45, 2.75) is 42.5 Å². The second kappa shape index (κ2) is 7.13. The molecule has 0 spiro atoms. The first-order valence-corrected chi connectivity index (χ1v) is 11.2. The Morgan fingerprint density at radius 3 is 2.25 bits per heavy atom. The molecule has 0 unspecified atom stereocenters. The fourth-order valence-corrected chi connectivity index (χ4v) is 6.23. The van der Waals surface area contributed by atoms with Crippen LogP contribution in [-0.2, 0) is 9.59 Å². The van der Waals surface area contributed by atoms with Gasteiger partial charge in [0.05, 0.1) is 0 Å². The third kappa shape index (κ3) is 2.93. The molecule has 2 aliphatic rings. The first-order chi connectivity index (χ1) is 15.2. The van der Waals surface area contributed by atoms with Gasteiger partial charge in [-0.05, 0) is 20.8 Å². The van der Waals surface area contributed by atoms with Crippen LogP contribution in [0.1, 0.15) is 20.8 Å². The minimum absolute atomic E-state index is 0.243.